The third-order valence-electron chi connectivity index (χ3n) is 5.85. The lowest BCUT2D eigenvalue weighted by Crippen LogP contribution is -2.44. The van der Waals surface area contributed by atoms with Gasteiger partial charge in [-0.2, -0.15) is 14.6 Å². The number of methoxy groups -OCH3 is 1. The Hall–Kier alpha value is -3.39. The number of benzene rings is 2. The Morgan fingerprint density at radius 2 is 1.85 bits per heavy atom. The number of ether oxygens (including phenoxy) is 1. The second-order valence-corrected chi connectivity index (χ2v) is 10.2. The summed E-state index contributed by atoms with van der Waals surface area (Å²) in [5, 5.41) is 9.61. The largest absolute Gasteiger partial charge is 0.495 e. The lowest BCUT2D eigenvalue weighted by molar-refractivity contribution is 0.306. The first kappa shape index (κ1) is 23.8. The minimum absolute atomic E-state index is 0.00351. The van der Waals surface area contributed by atoms with Gasteiger partial charge in [0.2, 0.25) is 27.5 Å². The van der Waals surface area contributed by atoms with Gasteiger partial charge in [0.1, 0.15) is 16.7 Å². The molecule has 1 aliphatic heterocycles. The van der Waals surface area contributed by atoms with E-state index in [1.54, 1.807) is 12.1 Å². The van der Waals surface area contributed by atoms with Crippen molar-refractivity contribution in [3.05, 3.63) is 59.8 Å². The highest BCUT2D eigenvalue weighted by Crippen LogP contribution is 2.34. The Morgan fingerprint density at radius 1 is 1.15 bits per heavy atom. The van der Waals surface area contributed by atoms with Crippen LogP contribution >= 0.6 is 0 Å². The fourth-order valence-electron chi connectivity index (χ4n) is 3.84. The summed E-state index contributed by atoms with van der Waals surface area (Å²) in [7, 11) is 1.11. The van der Waals surface area contributed by atoms with Crippen molar-refractivity contribution >= 4 is 15.9 Å². The molecule has 2 aromatic carbocycles. The van der Waals surface area contributed by atoms with E-state index in [0.29, 0.717) is 24.5 Å². The Labute approximate surface area is 199 Å². The number of aromatic nitrogens is 1. The predicted molar refractivity (Wildman–Crippen MR) is 128 cm³/mol. The Kier molecular flexibility index (Phi) is 6.88. The average Bonchev–Trinajstić information content (AvgIpc) is 3.29. The SMILES string of the molecule is COc1ccc(-c2nc(C#N)c(N3CCN(C)CC3)o2)cc1S(=O)(=O)N(C)Cc1ccccc1. The lowest BCUT2D eigenvalue weighted by Gasteiger charge is -2.31. The average molecular weight is 482 g/mol. The fourth-order valence-corrected chi connectivity index (χ4v) is 5.17. The number of hydrogen-bond acceptors (Lipinski definition) is 8. The number of nitrogens with zero attached hydrogens (tertiary/aromatic N) is 5. The molecule has 0 atom stereocenters. The molecule has 0 amide bonds. The van der Waals surface area contributed by atoms with Crippen molar-refractivity contribution in [1.82, 2.24) is 14.2 Å². The molecule has 0 bridgehead atoms. The van der Waals surface area contributed by atoms with Gasteiger partial charge in [-0.25, -0.2) is 8.42 Å². The van der Waals surface area contributed by atoms with E-state index < -0.39 is 10.0 Å². The number of anilines is 1. The van der Waals surface area contributed by atoms with E-state index in [4.69, 9.17) is 9.15 Å². The quantitative estimate of drug-likeness (QED) is 0.508. The molecule has 9 nitrogen and oxygen atoms in total. The molecular formula is C24H27N5O4S. The van der Waals surface area contributed by atoms with Crippen LogP contribution in [0.5, 0.6) is 5.75 Å². The molecule has 178 valence electrons. The van der Waals surface area contributed by atoms with Crippen molar-refractivity contribution in [3.8, 4) is 23.3 Å². The molecule has 0 N–H and O–H groups in total. The number of piperazine rings is 1. The highest BCUT2D eigenvalue weighted by Gasteiger charge is 2.28. The highest BCUT2D eigenvalue weighted by atomic mass is 32.2. The van der Waals surface area contributed by atoms with Crippen LogP contribution in [0.1, 0.15) is 11.3 Å². The van der Waals surface area contributed by atoms with Gasteiger partial charge in [-0.3, -0.25) is 0 Å². The Balaban J connectivity index is 1.68. The van der Waals surface area contributed by atoms with Gasteiger partial charge in [0, 0.05) is 45.3 Å². The van der Waals surface area contributed by atoms with Crippen molar-refractivity contribution in [2.75, 3.05) is 52.3 Å². The molecule has 3 aromatic rings. The first-order chi connectivity index (χ1) is 16.3. The molecule has 0 unspecified atom stereocenters. The first-order valence-corrected chi connectivity index (χ1v) is 12.3. The summed E-state index contributed by atoms with van der Waals surface area (Å²) in [6, 6.07) is 16.2. The number of likely N-dealkylation sites (N-methyl/N-ethyl adjacent to an activating group) is 1. The van der Waals surface area contributed by atoms with Gasteiger partial charge in [-0.15, -0.1) is 0 Å². The molecule has 2 heterocycles. The minimum atomic E-state index is -3.89. The van der Waals surface area contributed by atoms with E-state index >= 15 is 0 Å². The fraction of sp³-hybridized carbons (Fsp3) is 0.333. The zero-order valence-electron chi connectivity index (χ0n) is 19.4. The number of sulfonamides is 1. The second kappa shape index (κ2) is 9.85. The van der Waals surface area contributed by atoms with Gasteiger partial charge in [-0.1, -0.05) is 30.3 Å². The number of nitriles is 1. The summed E-state index contributed by atoms with van der Waals surface area (Å²) in [5.74, 6) is 0.817. The van der Waals surface area contributed by atoms with Crippen LogP contribution in [0.3, 0.4) is 0 Å². The maximum absolute atomic E-state index is 13.4. The standard InChI is InChI=1S/C24H27N5O4S/c1-27-11-13-29(14-12-27)24-20(16-25)26-23(33-24)19-9-10-21(32-3)22(15-19)34(30,31)28(2)17-18-7-5-4-6-8-18/h4-10,15H,11-14,17H2,1-3H3. The van der Waals surface area contributed by atoms with Crippen LogP contribution in [0.15, 0.2) is 57.8 Å². The maximum Gasteiger partial charge on any atom is 0.246 e. The molecular weight excluding hydrogens is 454 g/mol. The summed E-state index contributed by atoms with van der Waals surface area (Å²) in [5.41, 5.74) is 1.50. The van der Waals surface area contributed by atoms with Gasteiger partial charge >= 0.3 is 0 Å². The van der Waals surface area contributed by atoms with Gasteiger partial charge in [0.05, 0.1) is 7.11 Å². The van der Waals surface area contributed by atoms with Crippen molar-refractivity contribution in [2.45, 2.75) is 11.4 Å². The monoisotopic (exact) mass is 481 g/mol. The molecule has 0 spiro atoms. The van der Waals surface area contributed by atoms with Crippen LogP contribution in [-0.4, -0.2) is 70.0 Å². The molecule has 10 heteroatoms. The van der Waals surface area contributed by atoms with Gasteiger partial charge in [0.15, 0.2) is 0 Å². The van der Waals surface area contributed by atoms with Crippen molar-refractivity contribution in [3.63, 3.8) is 0 Å². The summed E-state index contributed by atoms with van der Waals surface area (Å²) in [6.07, 6.45) is 0. The molecule has 0 radical (unpaired) electrons. The van der Waals surface area contributed by atoms with E-state index in [0.717, 1.165) is 18.7 Å². The predicted octanol–water partition coefficient (Wildman–Crippen LogP) is 2.79. The van der Waals surface area contributed by atoms with Crippen LogP contribution in [0.2, 0.25) is 0 Å². The van der Waals surface area contributed by atoms with E-state index in [9.17, 15) is 13.7 Å². The molecule has 0 saturated carbocycles. The van der Waals surface area contributed by atoms with Crippen LogP contribution < -0.4 is 9.64 Å². The maximum atomic E-state index is 13.4. The van der Waals surface area contributed by atoms with E-state index in [1.165, 1.54) is 24.5 Å². The van der Waals surface area contributed by atoms with Crippen molar-refractivity contribution < 1.29 is 17.6 Å². The number of rotatable bonds is 7. The zero-order chi connectivity index (χ0) is 24.3. The van der Waals surface area contributed by atoms with Crippen LogP contribution in [0.25, 0.3) is 11.5 Å². The third-order valence-corrected chi connectivity index (χ3v) is 7.68. The van der Waals surface area contributed by atoms with Crippen LogP contribution in [0, 0.1) is 11.3 Å². The molecule has 0 aliphatic carbocycles. The number of hydrogen-bond donors (Lipinski definition) is 0. The Morgan fingerprint density at radius 3 is 2.50 bits per heavy atom. The molecule has 1 fully saturated rings. The molecule has 1 saturated heterocycles. The summed E-state index contributed by atoms with van der Waals surface area (Å²) in [4.78, 5) is 8.55. The van der Waals surface area contributed by atoms with E-state index in [1.807, 2.05) is 42.3 Å². The van der Waals surface area contributed by atoms with Gasteiger partial charge in [-0.05, 0) is 30.8 Å². The third kappa shape index (κ3) is 4.77. The summed E-state index contributed by atoms with van der Waals surface area (Å²) >= 11 is 0. The first-order valence-electron chi connectivity index (χ1n) is 10.9. The molecule has 1 aromatic heterocycles. The summed E-state index contributed by atoms with van der Waals surface area (Å²) in [6.45, 7) is 3.33. The highest BCUT2D eigenvalue weighted by molar-refractivity contribution is 7.89. The van der Waals surface area contributed by atoms with Gasteiger partial charge < -0.3 is 19.0 Å². The Bertz CT molecular complexity index is 1290. The molecule has 4 rings (SSSR count). The smallest absolute Gasteiger partial charge is 0.246 e. The topological polar surface area (TPSA) is 103 Å². The lowest BCUT2D eigenvalue weighted by atomic mass is 10.2. The van der Waals surface area contributed by atoms with E-state index in [2.05, 4.69) is 16.0 Å². The van der Waals surface area contributed by atoms with E-state index in [-0.39, 0.29) is 28.8 Å². The number of oxazole rings is 1. The van der Waals surface area contributed by atoms with Gasteiger partial charge in [0.25, 0.3) is 0 Å². The van der Waals surface area contributed by atoms with Crippen LogP contribution in [-0.2, 0) is 16.6 Å². The second-order valence-electron chi connectivity index (χ2n) is 8.19. The molecule has 34 heavy (non-hydrogen) atoms. The minimum Gasteiger partial charge on any atom is -0.495 e. The van der Waals surface area contributed by atoms with Crippen molar-refractivity contribution in [1.29, 1.82) is 5.26 Å². The van der Waals surface area contributed by atoms with Crippen LogP contribution in [0.4, 0.5) is 5.88 Å². The normalized spacial score (nSPS) is 14.9. The zero-order valence-corrected chi connectivity index (χ0v) is 20.2. The van der Waals surface area contributed by atoms with Crippen molar-refractivity contribution in [2.24, 2.45) is 0 Å². The molecule has 1 aliphatic rings. The summed E-state index contributed by atoms with van der Waals surface area (Å²) < 4.78 is 39.5.